The molecule has 0 atom stereocenters. The number of hydrogen-bond acceptors (Lipinski definition) is 2. The van der Waals surface area contributed by atoms with Crippen molar-refractivity contribution in [2.75, 3.05) is 11.5 Å². The summed E-state index contributed by atoms with van der Waals surface area (Å²) in [6.45, 7) is 4.24. The number of nitrogens with one attached hydrogen (secondary N) is 2. The molecule has 0 aromatic carbocycles. The molecule has 0 aliphatic heterocycles. The van der Waals surface area contributed by atoms with E-state index in [4.69, 9.17) is 9.56 Å². The van der Waals surface area contributed by atoms with Crippen LogP contribution in [0.5, 0.6) is 0 Å². The van der Waals surface area contributed by atoms with Crippen LogP contribution in [0.1, 0.15) is 39.5 Å². The van der Waals surface area contributed by atoms with Gasteiger partial charge in [-0.15, -0.1) is 0 Å². The van der Waals surface area contributed by atoms with Gasteiger partial charge >= 0.3 is 0 Å². The van der Waals surface area contributed by atoms with Gasteiger partial charge in [0.05, 0.1) is 0 Å². The van der Waals surface area contributed by atoms with Crippen LogP contribution in [-0.2, 0) is 9.62 Å². The largest absolute Gasteiger partial charge is 0.270 e. The van der Waals surface area contributed by atoms with Crippen LogP contribution >= 0.6 is 0 Å². The van der Waals surface area contributed by atoms with Gasteiger partial charge in [-0.05, 0) is 12.8 Å². The quantitative estimate of drug-likeness (QED) is 0.624. The second kappa shape index (κ2) is 5.58. The first-order chi connectivity index (χ1) is 5.12. The van der Waals surface area contributed by atoms with Crippen molar-refractivity contribution in [1.82, 2.24) is 0 Å². The van der Waals surface area contributed by atoms with Crippen LogP contribution in [0, 0.1) is 9.56 Å². The lowest BCUT2D eigenvalue weighted by Crippen LogP contribution is -2.06. The Labute approximate surface area is 70.8 Å². The highest BCUT2D eigenvalue weighted by Gasteiger charge is 1.99. The van der Waals surface area contributed by atoms with Crippen LogP contribution in [0.2, 0.25) is 0 Å². The molecule has 2 nitrogen and oxygen atoms in total. The summed E-state index contributed by atoms with van der Waals surface area (Å²) in [5.74, 6) is 1.65. The van der Waals surface area contributed by atoms with Crippen molar-refractivity contribution in [2.24, 2.45) is 0 Å². The SMILES string of the molecule is CCCCS(=N)(=N)CCCC. The zero-order chi connectivity index (χ0) is 8.74. The van der Waals surface area contributed by atoms with Crippen molar-refractivity contribution in [3.05, 3.63) is 0 Å². The molecule has 0 rings (SSSR count). The monoisotopic (exact) mass is 176 g/mol. The Balaban J connectivity index is 3.63. The Morgan fingerprint density at radius 1 is 0.909 bits per heavy atom. The molecule has 0 amide bonds. The van der Waals surface area contributed by atoms with E-state index in [1.165, 1.54) is 0 Å². The first-order valence-corrected chi connectivity index (χ1v) is 6.37. The first kappa shape index (κ1) is 11.0. The Bertz CT molecular complexity index is 157. The molecule has 2 N–H and O–H groups in total. The maximum atomic E-state index is 7.68. The summed E-state index contributed by atoms with van der Waals surface area (Å²) >= 11 is 0. The number of unbranched alkanes of at least 4 members (excludes halogenated alkanes) is 2. The highest BCUT2D eigenvalue weighted by Crippen LogP contribution is 2.02. The summed E-state index contributed by atoms with van der Waals surface area (Å²) in [4.78, 5) is 0. The van der Waals surface area contributed by atoms with Gasteiger partial charge in [-0.3, -0.25) is 9.56 Å². The maximum Gasteiger partial charge on any atom is 0.0130 e. The predicted octanol–water partition coefficient (Wildman–Crippen LogP) is 3.27. The Morgan fingerprint density at radius 3 is 1.55 bits per heavy atom. The third-order valence-electron chi connectivity index (χ3n) is 1.69. The molecule has 0 bridgehead atoms. The third-order valence-corrected chi connectivity index (χ3v) is 3.66. The molecule has 68 valence electrons. The zero-order valence-corrected chi connectivity index (χ0v) is 8.47. The molecule has 0 unspecified atom stereocenters. The van der Waals surface area contributed by atoms with Gasteiger partial charge < -0.3 is 0 Å². The maximum absolute atomic E-state index is 7.68. The van der Waals surface area contributed by atoms with Crippen molar-refractivity contribution in [3.63, 3.8) is 0 Å². The van der Waals surface area contributed by atoms with Gasteiger partial charge in [0.15, 0.2) is 0 Å². The molecule has 3 heteroatoms. The van der Waals surface area contributed by atoms with E-state index in [0.29, 0.717) is 0 Å². The molecule has 0 heterocycles. The Kier molecular flexibility index (Phi) is 5.56. The summed E-state index contributed by atoms with van der Waals surface area (Å²) < 4.78 is 15.4. The van der Waals surface area contributed by atoms with E-state index < -0.39 is 9.62 Å². The average molecular weight is 176 g/mol. The van der Waals surface area contributed by atoms with Gasteiger partial charge in [0, 0.05) is 11.5 Å². The fraction of sp³-hybridized carbons (Fsp3) is 1.00. The van der Waals surface area contributed by atoms with Crippen LogP contribution < -0.4 is 0 Å². The van der Waals surface area contributed by atoms with Crippen LogP contribution in [-0.4, -0.2) is 11.5 Å². The molecule has 0 aromatic heterocycles. The molecular weight excluding hydrogens is 156 g/mol. The van der Waals surface area contributed by atoms with Gasteiger partial charge in [-0.1, -0.05) is 36.3 Å². The van der Waals surface area contributed by atoms with Crippen LogP contribution in [0.4, 0.5) is 0 Å². The van der Waals surface area contributed by atoms with E-state index in [2.05, 4.69) is 13.8 Å². The highest BCUT2D eigenvalue weighted by molar-refractivity contribution is 7.93. The Hall–Kier alpha value is -0.0500. The minimum atomic E-state index is -1.71. The molecule has 0 radical (unpaired) electrons. The van der Waals surface area contributed by atoms with Crippen molar-refractivity contribution < 1.29 is 0 Å². The standard InChI is InChI=1S/C8H20N2S/c1-3-5-7-11(9,10)8-6-4-2/h9-10H,3-8H2,1-2H3. The topological polar surface area (TPSA) is 47.7 Å². The van der Waals surface area contributed by atoms with Crippen molar-refractivity contribution in [3.8, 4) is 0 Å². The number of hydrogen-bond donors (Lipinski definition) is 2. The van der Waals surface area contributed by atoms with Crippen LogP contribution in [0.15, 0.2) is 0 Å². The lowest BCUT2D eigenvalue weighted by atomic mass is 10.4. The smallest absolute Gasteiger partial charge is 0.0130 e. The van der Waals surface area contributed by atoms with Crippen molar-refractivity contribution in [1.29, 1.82) is 9.56 Å². The molecule has 0 aromatic rings. The van der Waals surface area contributed by atoms with Crippen molar-refractivity contribution >= 4 is 9.62 Å². The second-order valence-corrected chi connectivity index (χ2v) is 5.58. The summed E-state index contributed by atoms with van der Waals surface area (Å²) in [5, 5.41) is 0. The lowest BCUT2D eigenvalue weighted by Gasteiger charge is -2.08. The highest BCUT2D eigenvalue weighted by atomic mass is 32.2. The van der Waals surface area contributed by atoms with Crippen molar-refractivity contribution in [2.45, 2.75) is 39.5 Å². The summed E-state index contributed by atoms with van der Waals surface area (Å²) in [7, 11) is -1.71. The van der Waals surface area contributed by atoms with Gasteiger partial charge in [0.2, 0.25) is 0 Å². The van der Waals surface area contributed by atoms with E-state index in [9.17, 15) is 0 Å². The van der Waals surface area contributed by atoms with Gasteiger partial charge in [0.25, 0.3) is 0 Å². The van der Waals surface area contributed by atoms with Crippen LogP contribution in [0.25, 0.3) is 0 Å². The molecule has 11 heavy (non-hydrogen) atoms. The van der Waals surface area contributed by atoms with E-state index in [0.717, 1.165) is 37.2 Å². The van der Waals surface area contributed by atoms with E-state index in [-0.39, 0.29) is 0 Å². The summed E-state index contributed by atoms with van der Waals surface area (Å²) in [5.41, 5.74) is 0. The minimum absolute atomic E-state index is 0.823. The molecule has 0 saturated heterocycles. The summed E-state index contributed by atoms with van der Waals surface area (Å²) in [6, 6.07) is 0. The minimum Gasteiger partial charge on any atom is -0.270 e. The fourth-order valence-corrected chi connectivity index (χ4v) is 2.65. The van der Waals surface area contributed by atoms with E-state index in [1.54, 1.807) is 0 Å². The molecule has 0 aliphatic carbocycles. The third kappa shape index (κ3) is 6.35. The first-order valence-electron chi connectivity index (χ1n) is 4.40. The molecule has 0 fully saturated rings. The molecule has 0 aliphatic rings. The number of rotatable bonds is 6. The predicted molar refractivity (Wildman–Crippen MR) is 52.4 cm³/mol. The van der Waals surface area contributed by atoms with E-state index >= 15 is 0 Å². The Morgan fingerprint density at radius 2 is 1.27 bits per heavy atom. The lowest BCUT2D eigenvalue weighted by molar-refractivity contribution is 0.868. The zero-order valence-electron chi connectivity index (χ0n) is 7.65. The molecule has 0 spiro atoms. The fourth-order valence-electron chi connectivity index (χ4n) is 0.884. The van der Waals surface area contributed by atoms with Gasteiger partial charge in [-0.2, -0.15) is 0 Å². The van der Waals surface area contributed by atoms with Crippen LogP contribution in [0.3, 0.4) is 0 Å². The van der Waals surface area contributed by atoms with Gasteiger partial charge in [-0.25, -0.2) is 0 Å². The normalized spacial score (nSPS) is 11.8. The average Bonchev–Trinajstić information content (AvgIpc) is 1.97. The van der Waals surface area contributed by atoms with Gasteiger partial charge in [0.1, 0.15) is 0 Å². The molecular formula is C8H20N2S. The molecule has 0 saturated carbocycles. The van der Waals surface area contributed by atoms with E-state index in [1.807, 2.05) is 0 Å². The summed E-state index contributed by atoms with van der Waals surface area (Å²) in [6.07, 6.45) is 4.37. The second-order valence-electron chi connectivity index (χ2n) is 3.00.